The van der Waals surface area contributed by atoms with Gasteiger partial charge in [-0.05, 0) is 30.7 Å². The standard InChI is InChI=1S/C19H19ClN4O3/c1-3-27-18-15(20)8-14(9-16(18)26-2)19(25)23-11-13-4-5-17(22-10-13)24-7-6-21-12-24/h4-10,12H,3,11H2,1-2H3,(H,23,25). The number of pyridine rings is 1. The minimum atomic E-state index is -0.267. The number of carbonyl (C=O) groups is 1. The summed E-state index contributed by atoms with van der Waals surface area (Å²) in [7, 11) is 1.50. The van der Waals surface area contributed by atoms with Crippen LogP contribution >= 0.6 is 11.6 Å². The van der Waals surface area contributed by atoms with Crippen molar-refractivity contribution in [3.8, 4) is 17.3 Å². The first-order valence-corrected chi connectivity index (χ1v) is 8.72. The maximum atomic E-state index is 12.5. The number of hydrogen-bond donors (Lipinski definition) is 1. The number of aromatic nitrogens is 3. The van der Waals surface area contributed by atoms with Crippen LogP contribution in [0.2, 0.25) is 5.02 Å². The Balaban J connectivity index is 1.68. The number of rotatable bonds is 7. The lowest BCUT2D eigenvalue weighted by atomic mass is 10.1. The number of nitrogens with zero attached hydrogens (tertiary/aromatic N) is 3. The third-order valence-corrected chi connectivity index (χ3v) is 4.09. The highest BCUT2D eigenvalue weighted by atomic mass is 35.5. The maximum absolute atomic E-state index is 12.5. The summed E-state index contributed by atoms with van der Waals surface area (Å²) in [4.78, 5) is 20.8. The van der Waals surface area contributed by atoms with Gasteiger partial charge in [-0.1, -0.05) is 17.7 Å². The van der Waals surface area contributed by atoms with Crippen molar-refractivity contribution in [2.24, 2.45) is 0 Å². The monoisotopic (exact) mass is 386 g/mol. The molecule has 27 heavy (non-hydrogen) atoms. The summed E-state index contributed by atoms with van der Waals surface area (Å²) in [5, 5.41) is 3.17. The lowest BCUT2D eigenvalue weighted by Gasteiger charge is -2.13. The van der Waals surface area contributed by atoms with Crippen LogP contribution in [0.1, 0.15) is 22.8 Å². The van der Waals surface area contributed by atoms with Crippen molar-refractivity contribution in [3.63, 3.8) is 0 Å². The molecule has 0 aliphatic carbocycles. The number of halogens is 1. The molecule has 0 unspecified atom stereocenters. The van der Waals surface area contributed by atoms with Crippen molar-refractivity contribution in [3.05, 3.63) is 65.3 Å². The average Bonchev–Trinajstić information content (AvgIpc) is 3.22. The molecule has 3 rings (SSSR count). The van der Waals surface area contributed by atoms with Crippen LogP contribution in [0.3, 0.4) is 0 Å². The fraction of sp³-hybridized carbons (Fsp3) is 0.211. The zero-order valence-corrected chi connectivity index (χ0v) is 15.7. The summed E-state index contributed by atoms with van der Waals surface area (Å²) in [6.45, 7) is 2.63. The maximum Gasteiger partial charge on any atom is 0.251 e. The topological polar surface area (TPSA) is 78.3 Å². The molecule has 1 N–H and O–H groups in total. The van der Waals surface area contributed by atoms with E-state index in [1.54, 1.807) is 35.4 Å². The summed E-state index contributed by atoms with van der Waals surface area (Å²) in [6.07, 6.45) is 6.88. The number of amides is 1. The van der Waals surface area contributed by atoms with Crippen LogP contribution in [0.4, 0.5) is 0 Å². The molecule has 1 aromatic carbocycles. The van der Waals surface area contributed by atoms with Gasteiger partial charge in [-0.3, -0.25) is 9.36 Å². The largest absolute Gasteiger partial charge is 0.493 e. The Morgan fingerprint density at radius 1 is 1.33 bits per heavy atom. The summed E-state index contributed by atoms with van der Waals surface area (Å²) < 4.78 is 12.5. The van der Waals surface area contributed by atoms with Crippen LogP contribution in [0.15, 0.2) is 49.2 Å². The molecular formula is C19H19ClN4O3. The van der Waals surface area contributed by atoms with Gasteiger partial charge in [0.1, 0.15) is 12.1 Å². The van der Waals surface area contributed by atoms with E-state index < -0.39 is 0 Å². The number of ether oxygens (including phenoxy) is 2. The van der Waals surface area contributed by atoms with Gasteiger partial charge in [0.25, 0.3) is 5.91 Å². The Morgan fingerprint density at radius 2 is 2.19 bits per heavy atom. The molecule has 0 radical (unpaired) electrons. The molecule has 2 heterocycles. The zero-order chi connectivity index (χ0) is 19.2. The number of benzene rings is 1. The molecule has 0 saturated carbocycles. The van der Waals surface area contributed by atoms with Crippen LogP contribution in [-0.2, 0) is 6.54 Å². The number of carbonyl (C=O) groups excluding carboxylic acids is 1. The first-order chi connectivity index (χ1) is 13.1. The van der Waals surface area contributed by atoms with Gasteiger partial charge >= 0.3 is 0 Å². The Hall–Kier alpha value is -3.06. The van der Waals surface area contributed by atoms with E-state index in [1.165, 1.54) is 7.11 Å². The summed E-state index contributed by atoms with van der Waals surface area (Å²) >= 11 is 6.22. The third kappa shape index (κ3) is 4.38. The quantitative estimate of drug-likeness (QED) is 0.674. The van der Waals surface area contributed by atoms with Gasteiger partial charge in [0.05, 0.1) is 18.7 Å². The van der Waals surface area contributed by atoms with Crippen molar-refractivity contribution in [1.82, 2.24) is 19.9 Å². The van der Waals surface area contributed by atoms with Gasteiger partial charge in [0, 0.05) is 30.7 Å². The smallest absolute Gasteiger partial charge is 0.251 e. The van der Waals surface area contributed by atoms with Gasteiger partial charge in [0.15, 0.2) is 11.5 Å². The van der Waals surface area contributed by atoms with Crippen LogP contribution in [0.25, 0.3) is 5.82 Å². The lowest BCUT2D eigenvalue weighted by Crippen LogP contribution is -2.23. The number of methoxy groups -OCH3 is 1. The first-order valence-electron chi connectivity index (χ1n) is 8.34. The Morgan fingerprint density at radius 3 is 2.81 bits per heavy atom. The molecule has 0 aliphatic heterocycles. The van der Waals surface area contributed by atoms with Crippen LogP contribution in [0, 0.1) is 0 Å². The minimum absolute atomic E-state index is 0.267. The Labute approximate surface area is 161 Å². The van der Waals surface area contributed by atoms with Crippen LogP contribution < -0.4 is 14.8 Å². The predicted octanol–water partition coefficient (Wildman–Crippen LogP) is 3.26. The zero-order valence-electron chi connectivity index (χ0n) is 15.0. The second-order valence-corrected chi connectivity index (χ2v) is 6.01. The van der Waals surface area contributed by atoms with E-state index in [9.17, 15) is 4.79 Å². The first kappa shape index (κ1) is 18.7. The normalized spacial score (nSPS) is 10.5. The highest BCUT2D eigenvalue weighted by Gasteiger charge is 2.15. The molecule has 0 saturated heterocycles. The third-order valence-electron chi connectivity index (χ3n) is 3.81. The molecular weight excluding hydrogens is 368 g/mol. The highest BCUT2D eigenvalue weighted by Crippen LogP contribution is 2.36. The predicted molar refractivity (Wildman–Crippen MR) is 102 cm³/mol. The number of hydrogen-bond acceptors (Lipinski definition) is 5. The van der Waals surface area contributed by atoms with Gasteiger partial charge < -0.3 is 14.8 Å². The summed E-state index contributed by atoms with van der Waals surface area (Å²) in [5.74, 6) is 1.33. The van der Waals surface area contributed by atoms with Crippen LogP contribution in [-0.4, -0.2) is 34.2 Å². The van der Waals surface area contributed by atoms with E-state index in [4.69, 9.17) is 21.1 Å². The van der Waals surface area contributed by atoms with Crippen molar-refractivity contribution < 1.29 is 14.3 Å². The van der Waals surface area contributed by atoms with E-state index in [0.29, 0.717) is 35.2 Å². The summed E-state index contributed by atoms with van der Waals surface area (Å²) in [6, 6.07) is 6.92. The lowest BCUT2D eigenvalue weighted by molar-refractivity contribution is 0.0950. The van der Waals surface area contributed by atoms with Gasteiger partial charge in [-0.25, -0.2) is 9.97 Å². The van der Waals surface area contributed by atoms with Gasteiger partial charge in [-0.15, -0.1) is 0 Å². The molecule has 0 fully saturated rings. The van der Waals surface area contributed by atoms with Gasteiger partial charge in [-0.2, -0.15) is 0 Å². The molecule has 0 atom stereocenters. The molecule has 8 heteroatoms. The Bertz CT molecular complexity index is 911. The molecule has 2 aromatic heterocycles. The molecule has 0 aliphatic rings. The van der Waals surface area contributed by atoms with Crippen LogP contribution in [0.5, 0.6) is 11.5 Å². The van der Waals surface area contributed by atoms with Crippen molar-refractivity contribution in [1.29, 1.82) is 0 Å². The van der Waals surface area contributed by atoms with E-state index in [0.717, 1.165) is 11.4 Å². The fourth-order valence-electron chi connectivity index (χ4n) is 2.49. The van der Waals surface area contributed by atoms with E-state index in [2.05, 4.69) is 15.3 Å². The average molecular weight is 387 g/mol. The summed E-state index contributed by atoms with van der Waals surface area (Å²) in [5.41, 5.74) is 1.26. The van der Waals surface area contributed by atoms with Crippen molar-refractivity contribution in [2.45, 2.75) is 13.5 Å². The second kappa shape index (κ2) is 8.55. The second-order valence-electron chi connectivity index (χ2n) is 5.60. The van der Waals surface area contributed by atoms with Crippen molar-refractivity contribution in [2.75, 3.05) is 13.7 Å². The molecule has 140 valence electrons. The molecule has 0 spiro atoms. The Kier molecular flexibility index (Phi) is 5.93. The minimum Gasteiger partial charge on any atom is -0.493 e. The molecule has 1 amide bonds. The fourth-order valence-corrected chi connectivity index (χ4v) is 2.75. The van der Waals surface area contributed by atoms with Gasteiger partial charge in [0.2, 0.25) is 0 Å². The van der Waals surface area contributed by atoms with Crippen molar-refractivity contribution >= 4 is 17.5 Å². The van der Waals surface area contributed by atoms with E-state index in [-0.39, 0.29) is 5.91 Å². The van der Waals surface area contributed by atoms with E-state index in [1.807, 2.05) is 25.3 Å². The molecule has 0 bridgehead atoms. The molecule has 7 nitrogen and oxygen atoms in total. The SMILES string of the molecule is CCOc1c(Cl)cc(C(=O)NCc2ccc(-n3ccnc3)nc2)cc1OC. The highest BCUT2D eigenvalue weighted by molar-refractivity contribution is 6.32. The number of nitrogens with one attached hydrogen (secondary N) is 1. The van der Waals surface area contributed by atoms with E-state index >= 15 is 0 Å². The number of imidazole rings is 1. The molecule has 3 aromatic rings.